The number of piperidine rings is 1. The van der Waals surface area contributed by atoms with E-state index in [1.165, 1.54) is 0 Å². The Kier molecular flexibility index (Phi) is 2.99. The van der Waals surface area contributed by atoms with E-state index in [1.54, 1.807) is 0 Å². The Labute approximate surface area is 135 Å². The van der Waals surface area contributed by atoms with E-state index in [2.05, 4.69) is 11.9 Å². The monoisotopic (exact) mass is 285 g/mol. The van der Waals surface area contributed by atoms with Crippen molar-refractivity contribution in [3.63, 3.8) is 0 Å². The third-order valence-corrected chi connectivity index (χ3v) is 4.10. The molecule has 0 bridgehead atoms. The van der Waals surface area contributed by atoms with E-state index in [0.717, 1.165) is 31.5 Å². The van der Waals surface area contributed by atoms with Gasteiger partial charge in [-0.15, -0.1) is 0 Å². The van der Waals surface area contributed by atoms with Gasteiger partial charge in [0.1, 0.15) is 0 Å². The molecular formula is C19H24N2. The van der Waals surface area contributed by atoms with Gasteiger partial charge in [0, 0.05) is 18.3 Å². The van der Waals surface area contributed by atoms with Crippen molar-refractivity contribution in [2.24, 2.45) is 0 Å². The summed E-state index contributed by atoms with van der Waals surface area (Å²) < 4.78 is 40.6. The molecule has 1 fully saturated rings. The molecule has 2 aromatic carbocycles. The molecule has 0 spiro atoms. The van der Waals surface area contributed by atoms with Crippen LogP contribution < -0.4 is 4.90 Å². The minimum Gasteiger partial charge on any atom is -0.364 e. The second kappa shape index (κ2) is 6.77. The summed E-state index contributed by atoms with van der Waals surface area (Å²) in [4.78, 5) is 4.28. The zero-order valence-corrected chi connectivity index (χ0v) is 12.4. The molecule has 0 aromatic heterocycles. The molecule has 2 aromatic rings. The molecule has 110 valence electrons. The van der Waals surface area contributed by atoms with Gasteiger partial charge in [0.25, 0.3) is 0 Å². The third-order valence-electron chi connectivity index (χ3n) is 4.10. The number of nitrogens with zero attached hydrogens (tertiary/aromatic N) is 2. The Morgan fingerprint density at radius 2 is 1.76 bits per heavy atom. The molecule has 0 aliphatic carbocycles. The van der Waals surface area contributed by atoms with Crippen molar-refractivity contribution in [3.05, 3.63) is 66.1 Å². The summed E-state index contributed by atoms with van der Waals surface area (Å²) in [5.41, 5.74) is 1.38. The molecule has 0 atom stereocenters. The van der Waals surface area contributed by atoms with Gasteiger partial charge < -0.3 is 9.80 Å². The van der Waals surface area contributed by atoms with Crippen LogP contribution in [-0.4, -0.2) is 31.1 Å². The summed E-state index contributed by atoms with van der Waals surface area (Å²) in [5, 5.41) is 0. The van der Waals surface area contributed by atoms with Crippen molar-refractivity contribution in [2.45, 2.75) is 25.4 Å². The number of anilines is 1. The lowest BCUT2D eigenvalue weighted by Gasteiger charge is -2.39. The molecule has 3 rings (SSSR count). The molecule has 0 unspecified atom stereocenters. The summed E-state index contributed by atoms with van der Waals surface area (Å²) in [7, 11) is 2.09. The van der Waals surface area contributed by atoms with Gasteiger partial charge in [-0.2, -0.15) is 0 Å². The van der Waals surface area contributed by atoms with Gasteiger partial charge in [-0.25, -0.2) is 0 Å². The van der Waals surface area contributed by atoms with Gasteiger partial charge in [0.2, 0.25) is 0 Å². The topological polar surface area (TPSA) is 6.48 Å². The second-order valence-electron chi connectivity index (χ2n) is 5.62. The highest BCUT2D eigenvalue weighted by molar-refractivity contribution is 5.48. The van der Waals surface area contributed by atoms with Crippen molar-refractivity contribution in [3.8, 4) is 0 Å². The number of para-hydroxylation sites is 1. The molecule has 1 heterocycles. The molecule has 0 saturated carbocycles. The van der Waals surface area contributed by atoms with Crippen LogP contribution in [0.4, 0.5) is 5.69 Å². The van der Waals surface area contributed by atoms with Crippen LogP contribution in [0, 0.1) is 0 Å². The maximum absolute atomic E-state index is 8.37. The van der Waals surface area contributed by atoms with Crippen molar-refractivity contribution in [2.75, 3.05) is 25.0 Å². The van der Waals surface area contributed by atoms with E-state index in [-0.39, 0.29) is 36.3 Å². The van der Waals surface area contributed by atoms with Crippen LogP contribution in [0.1, 0.15) is 25.3 Å². The third kappa shape index (κ3) is 3.64. The van der Waals surface area contributed by atoms with Gasteiger partial charge in [0.05, 0.1) is 6.85 Å². The van der Waals surface area contributed by atoms with Crippen LogP contribution in [0.5, 0.6) is 0 Å². The minimum atomic E-state index is -0.341. The molecule has 2 nitrogen and oxygen atoms in total. The Morgan fingerprint density at radius 3 is 2.43 bits per heavy atom. The van der Waals surface area contributed by atoms with Gasteiger partial charge in [-0.3, -0.25) is 0 Å². The van der Waals surface area contributed by atoms with Crippen molar-refractivity contribution < 1.29 is 6.85 Å². The average molecular weight is 285 g/mol. The van der Waals surface area contributed by atoms with Crippen molar-refractivity contribution in [1.29, 1.82) is 0 Å². The highest BCUT2D eigenvalue weighted by Gasteiger charge is 2.23. The maximum atomic E-state index is 8.37. The second-order valence-corrected chi connectivity index (χ2v) is 5.62. The smallest absolute Gasteiger partial charge is 0.0645 e. The molecule has 1 aliphatic heterocycles. The van der Waals surface area contributed by atoms with Gasteiger partial charge in [-0.05, 0) is 50.6 Å². The van der Waals surface area contributed by atoms with Crippen LogP contribution in [0.15, 0.2) is 60.5 Å². The Balaban J connectivity index is 2.06. The van der Waals surface area contributed by atoms with Crippen LogP contribution in [0.2, 0.25) is 0 Å². The first-order valence-corrected chi connectivity index (χ1v) is 7.46. The lowest BCUT2D eigenvalue weighted by Crippen LogP contribution is -2.43. The van der Waals surface area contributed by atoms with Crippen LogP contribution in [0.3, 0.4) is 0 Å². The number of benzene rings is 2. The van der Waals surface area contributed by atoms with E-state index in [0.29, 0.717) is 12.2 Å². The lowest BCUT2D eigenvalue weighted by atomic mass is 10.0. The Morgan fingerprint density at radius 1 is 1.10 bits per heavy atom. The van der Waals surface area contributed by atoms with Crippen LogP contribution in [0.25, 0.3) is 0 Å². The largest absolute Gasteiger partial charge is 0.364 e. The number of likely N-dealkylation sites (tertiary alicyclic amines) is 1. The molecule has 2 heteroatoms. The van der Waals surface area contributed by atoms with Crippen molar-refractivity contribution >= 4 is 5.69 Å². The first-order valence-electron chi connectivity index (χ1n) is 9.96. The molecular weight excluding hydrogens is 256 g/mol. The van der Waals surface area contributed by atoms with Gasteiger partial charge >= 0.3 is 0 Å². The quantitative estimate of drug-likeness (QED) is 0.843. The molecule has 0 N–H and O–H groups in total. The SMILES string of the molecule is [2H]c1c([2H])c([2H])c(N(Cc2ccccc2)C2CCN(C)CC2)c([2H])c1[2H]. The van der Waals surface area contributed by atoms with Gasteiger partial charge in [0.15, 0.2) is 0 Å². The predicted octanol–water partition coefficient (Wildman–Crippen LogP) is 3.79. The fourth-order valence-corrected chi connectivity index (χ4v) is 2.86. The summed E-state index contributed by atoms with van der Waals surface area (Å²) in [6.45, 7) is 2.41. The first kappa shape index (κ1) is 9.26. The van der Waals surface area contributed by atoms with Gasteiger partial charge in [-0.1, -0.05) is 48.5 Å². The minimum absolute atomic E-state index is 0.120. The average Bonchev–Trinajstić information content (AvgIpc) is 2.66. The molecule has 0 amide bonds. The summed E-state index contributed by atoms with van der Waals surface area (Å²) in [6, 6.07) is 8.92. The van der Waals surface area contributed by atoms with E-state index in [9.17, 15) is 0 Å². The normalized spacial score (nSPS) is 20.1. The first-order chi connectivity index (χ1) is 12.4. The molecule has 1 saturated heterocycles. The van der Waals surface area contributed by atoms with Crippen LogP contribution in [-0.2, 0) is 6.54 Å². The summed E-state index contributed by atoms with van der Waals surface area (Å²) in [6.07, 6.45) is 1.82. The van der Waals surface area contributed by atoms with E-state index in [4.69, 9.17) is 6.85 Å². The summed E-state index contributed by atoms with van der Waals surface area (Å²) >= 11 is 0. The Bertz CT molecular complexity index is 744. The van der Waals surface area contributed by atoms with Crippen LogP contribution >= 0.6 is 0 Å². The summed E-state index contributed by atoms with van der Waals surface area (Å²) in [5.74, 6) is 0. The highest BCUT2D eigenvalue weighted by atomic mass is 15.2. The zero-order valence-electron chi connectivity index (χ0n) is 17.4. The van der Waals surface area contributed by atoms with E-state index in [1.807, 2.05) is 35.2 Å². The van der Waals surface area contributed by atoms with E-state index >= 15 is 0 Å². The lowest BCUT2D eigenvalue weighted by molar-refractivity contribution is 0.249. The fourth-order valence-electron chi connectivity index (χ4n) is 2.86. The molecule has 21 heavy (non-hydrogen) atoms. The molecule has 1 aliphatic rings. The zero-order chi connectivity index (χ0) is 18.8. The number of hydrogen-bond donors (Lipinski definition) is 0. The highest BCUT2D eigenvalue weighted by Crippen LogP contribution is 2.25. The predicted molar refractivity (Wildman–Crippen MR) is 89.6 cm³/mol. The van der Waals surface area contributed by atoms with Crippen molar-refractivity contribution in [1.82, 2.24) is 4.90 Å². The number of hydrogen-bond acceptors (Lipinski definition) is 2. The number of rotatable bonds is 4. The molecule has 0 radical (unpaired) electrons. The standard InChI is InChI=1S/C19H24N2/c1-20-14-12-19(13-15-20)21(18-10-6-3-7-11-18)16-17-8-4-2-5-9-17/h2-11,19H,12-16H2,1H3/i3D,6D,7D,10D,11D. The maximum Gasteiger partial charge on any atom is 0.0645 e. The Hall–Kier alpha value is -1.80. The van der Waals surface area contributed by atoms with E-state index < -0.39 is 0 Å². The fraction of sp³-hybridized carbons (Fsp3) is 0.368.